The van der Waals surface area contributed by atoms with Crippen LogP contribution in [0.4, 0.5) is 0 Å². The predicted molar refractivity (Wildman–Crippen MR) is 58.8 cm³/mol. The highest BCUT2D eigenvalue weighted by Gasteiger charge is 2.25. The molecule has 0 saturated carbocycles. The largest absolute Gasteiger partial charge is 0.468 e. The van der Waals surface area contributed by atoms with Crippen molar-refractivity contribution in [3.63, 3.8) is 0 Å². The molecule has 1 aromatic heterocycles. The summed E-state index contributed by atoms with van der Waals surface area (Å²) in [5, 5.41) is 1.92. The van der Waals surface area contributed by atoms with Gasteiger partial charge < -0.3 is 4.74 Å². The zero-order valence-corrected chi connectivity index (χ0v) is 9.67. The molecule has 0 amide bonds. The lowest BCUT2D eigenvalue weighted by Crippen LogP contribution is -2.25. The van der Waals surface area contributed by atoms with Crippen LogP contribution in [0.25, 0.3) is 0 Å². The van der Waals surface area contributed by atoms with E-state index in [0.29, 0.717) is 12.8 Å². The highest BCUT2D eigenvalue weighted by atomic mass is 32.1. The molecule has 0 aliphatic carbocycles. The van der Waals surface area contributed by atoms with Crippen molar-refractivity contribution < 1.29 is 14.3 Å². The molecule has 0 aliphatic rings. The Hall–Kier alpha value is -1.16. The Morgan fingerprint density at radius 3 is 2.73 bits per heavy atom. The smallest absolute Gasteiger partial charge is 0.316 e. The van der Waals surface area contributed by atoms with Crippen LogP contribution in [0.5, 0.6) is 0 Å². The molecule has 0 bridgehead atoms. The second kappa shape index (κ2) is 5.66. The molecule has 1 aromatic rings. The zero-order valence-electron chi connectivity index (χ0n) is 8.86. The Labute approximate surface area is 93.1 Å². The SMILES string of the molecule is CCC(C(=O)Cc1cccs1)C(=O)OC. The molecule has 0 fully saturated rings. The molecule has 82 valence electrons. The van der Waals surface area contributed by atoms with Gasteiger partial charge in [-0.15, -0.1) is 11.3 Å². The summed E-state index contributed by atoms with van der Waals surface area (Å²) >= 11 is 1.53. The second-order valence-electron chi connectivity index (χ2n) is 3.21. The average molecular weight is 226 g/mol. The van der Waals surface area contributed by atoms with Gasteiger partial charge in [-0.2, -0.15) is 0 Å². The van der Waals surface area contributed by atoms with Crippen molar-refractivity contribution >= 4 is 23.1 Å². The monoisotopic (exact) mass is 226 g/mol. The highest BCUT2D eigenvalue weighted by Crippen LogP contribution is 2.15. The first-order valence-corrected chi connectivity index (χ1v) is 5.70. The number of rotatable bonds is 5. The molecule has 4 heteroatoms. The van der Waals surface area contributed by atoms with Gasteiger partial charge in [-0.3, -0.25) is 9.59 Å². The van der Waals surface area contributed by atoms with Crippen LogP contribution < -0.4 is 0 Å². The molecule has 0 spiro atoms. The number of hydrogen-bond acceptors (Lipinski definition) is 4. The van der Waals surface area contributed by atoms with E-state index in [2.05, 4.69) is 4.74 Å². The second-order valence-corrected chi connectivity index (χ2v) is 4.24. The van der Waals surface area contributed by atoms with Gasteiger partial charge in [-0.25, -0.2) is 0 Å². The van der Waals surface area contributed by atoms with E-state index in [1.807, 2.05) is 24.4 Å². The first-order valence-electron chi connectivity index (χ1n) is 4.82. The van der Waals surface area contributed by atoms with Gasteiger partial charge in [0.1, 0.15) is 5.92 Å². The van der Waals surface area contributed by atoms with Crippen LogP contribution in [-0.2, 0) is 20.7 Å². The minimum atomic E-state index is -0.614. The molecule has 0 saturated heterocycles. The van der Waals surface area contributed by atoms with Gasteiger partial charge in [-0.1, -0.05) is 13.0 Å². The Balaban J connectivity index is 2.62. The molecule has 1 atom stereocenters. The fraction of sp³-hybridized carbons (Fsp3) is 0.455. The van der Waals surface area contributed by atoms with Crippen molar-refractivity contribution in [3.05, 3.63) is 22.4 Å². The number of carbonyl (C=O) groups excluding carboxylic acids is 2. The van der Waals surface area contributed by atoms with Crippen LogP contribution in [0.3, 0.4) is 0 Å². The summed E-state index contributed by atoms with van der Waals surface area (Å²) in [5.41, 5.74) is 0. The van der Waals surface area contributed by atoms with Gasteiger partial charge in [0, 0.05) is 11.3 Å². The van der Waals surface area contributed by atoms with E-state index in [1.54, 1.807) is 0 Å². The number of esters is 1. The molecule has 1 rings (SSSR count). The molecule has 15 heavy (non-hydrogen) atoms. The highest BCUT2D eigenvalue weighted by molar-refractivity contribution is 7.10. The van der Waals surface area contributed by atoms with E-state index in [-0.39, 0.29) is 5.78 Å². The molecule has 0 radical (unpaired) electrons. The van der Waals surface area contributed by atoms with Crippen molar-refractivity contribution in [2.75, 3.05) is 7.11 Å². The van der Waals surface area contributed by atoms with Crippen molar-refractivity contribution in [2.45, 2.75) is 19.8 Å². The fourth-order valence-electron chi connectivity index (χ4n) is 1.38. The Morgan fingerprint density at radius 2 is 2.27 bits per heavy atom. The Bertz CT molecular complexity index is 330. The van der Waals surface area contributed by atoms with Gasteiger partial charge in [0.05, 0.1) is 7.11 Å². The summed E-state index contributed by atoms with van der Waals surface area (Å²) in [6.45, 7) is 1.81. The maximum Gasteiger partial charge on any atom is 0.316 e. The summed E-state index contributed by atoms with van der Waals surface area (Å²) in [4.78, 5) is 24.0. The average Bonchev–Trinajstić information content (AvgIpc) is 2.71. The van der Waals surface area contributed by atoms with E-state index in [9.17, 15) is 9.59 Å². The van der Waals surface area contributed by atoms with Gasteiger partial charge in [0.2, 0.25) is 0 Å². The maximum absolute atomic E-state index is 11.7. The predicted octanol–water partition coefficient (Wildman–Crippen LogP) is 2.06. The normalized spacial score (nSPS) is 12.1. The number of carbonyl (C=O) groups is 2. The van der Waals surface area contributed by atoms with Gasteiger partial charge in [0.25, 0.3) is 0 Å². The van der Waals surface area contributed by atoms with Crippen LogP contribution in [0.15, 0.2) is 17.5 Å². The minimum Gasteiger partial charge on any atom is -0.468 e. The van der Waals surface area contributed by atoms with E-state index in [1.165, 1.54) is 18.4 Å². The summed E-state index contributed by atoms with van der Waals surface area (Å²) in [6, 6.07) is 3.79. The van der Waals surface area contributed by atoms with Gasteiger partial charge in [-0.05, 0) is 17.9 Å². The van der Waals surface area contributed by atoms with E-state index in [0.717, 1.165) is 4.88 Å². The number of thiophene rings is 1. The third kappa shape index (κ3) is 3.16. The lowest BCUT2D eigenvalue weighted by molar-refractivity contribution is -0.149. The maximum atomic E-state index is 11.7. The molecule has 0 aliphatic heterocycles. The Morgan fingerprint density at radius 1 is 1.53 bits per heavy atom. The number of ketones is 1. The first-order chi connectivity index (χ1) is 7.19. The van der Waals surface area contributed by atoms with Crippen LogP contribution in [0.1, 0.15) is 18.2 Å². The molecular formula is C11H14O3S. The van der Waals surface area contributed by atoms with E-state index < -0.39 is 11.9 Å². The van der Waals surface area contributed by atoms with E-state index >= 15 is 0 Å². The molecule has 1 unspecified atom stereocenters. The summed E-state index contributed by atoms with van der Waals surface area (Å²) in [6.07, 6.45) is 0.822. The van der Waals surface area contributed by atoms with Gasteiger partial charge in [0.15, 0.2) is 5.78 Å². The van der Waals surface area contributed by atoms with Crippen LogP contribution >= 0.6 is 11.3 Å². The van der Waals surface area contributed by atoms with Crippen LogP contribution in [0.2, 0.25) is 0 Å². The molecular weight excluding hydrogens is 212 g/mol. The van der Waals surface area contributed by atoms with Crippen molar-refractivity contribution in [3.8, 4) is 0 Å². The number of methoxy groups -OCH3 is 1. The van der Waals surface area contributed by atoms with Crippen molar-refractivity contribution in [1.29, 1.82) is 0 Å². The number of Topliss-reactive ketones (excluding diaryl/α,β-unsaturated/α-hetero) is 1. The molecule has 3 nitrogen and oxygen atoms in total. The third-order valence-electron chi connectivity index (χ3n) is 2.21. The van der Waals surface area contributed by atoms with Crippen LogP contribution in [-0.4, -0.2) is 18.9 Å². The molecule has 0 aromatic carbocycles. The minimum absolute atomic E-state index is 0.0631. The zero-order chi connectivity index (χ0) is 11.3. The lowest BCUT2D eigenvalue weighted by atomic mass is 9.98. The standard InChI is InChI=1S/C11H14O3S/c1-3-9(11(13)14-2)10(12)7-8-5-4-6-15-8/h4-6,9H,3,7H2,1-2H3. The molecule has 1 heterocycles. The third-order valence-corrected chi connectivity index (χ3v) is 3.09. The summed E-state index contributed by atoms with van der Waals surface area (Å²) < 4.78 is 4.59. The Kier molecular flexibility index (Phi) is 4.49. The fourth-order valence-corrected chi connectivity index (χ4v) is 2.09. The first kappa shape index (κ1) is 11.9. The number of ether oxygens (including phenoxy) is 1. The lowest BCUT2D eigenvalue weighted by Gasteiger charge is -2.10. The van der Waals surface area contributed by atoms with Crippen LogP contribution in [0, 0.1) is 5.92 Å². The van der Waals surface area contributed by atoms with Gasteiger partial charge >= 0.3 is 5.97 Å². The van der Waals surface area contributed by atoms with E-state index in [4.69, 9.17) is 0 Å². The quantitative estimate of drug-likeness (QED) is 0.570. The molecule has 0 N–H and O–H groups in total. The summed E-state index contributed by atoms with van der Waals surface area (Å²) in [5.74, 6) is -1.11. The van der Waals surface area contributed by atoms with Crippen molar-refractivity contribution in [1.82, 2.24) is 0 Å². The topological polar surface area (TPSA) is 43.4 Å². The van der Waals surface area contributed by atoms with Crippen molar-refractivity contribution in [2.24, 2.45) is 5.92 Å². The number of hydrogen-bond donors (Lipinski definition) is 0. The summed E-state index contributed by atoms with van der Waals surface area (Å²) in [7, 11) is 1.31.